The number of amides is 1. The van der Waals surface area contributed by atoms with Gasteiger partial charge in [0.1, 0.15) is 5.82 Å². The van der Waals surface area contributed by atoms with Crippen LogP contribution in [0, 0.1) is 11.2 Å². The summed E-state index contributed by atoms with van der Waals surface area (Å²) in [5.74, 6) is -1.86. The molecule has 0 bridgehead atoms. The van der Waals surface area contributed by atoms with Crippen molar-refractivity contribution in [2.75, 3.05) is 33.3 Å². The molecule has 2 atom stereocenters. The molecule has 2 heterocycles. The number of carbonyl (C=O) groups is 1. The molecule has 2 fully saturated rings. The second kappa shape index (κ2) is 9.47. The molecular formula is C25H27ClF4N2O2. The molecule has 0 saturated carbocycles. The minimum Gasteiger partial charge on any atom is -0.356 e. The molecule has 34 heavy (non-hydrogen) atoms. The molecule has 2 aliphatic rings. The normalized spacial score (nSPS) is 22.4. The highest BCUT2D eigenvalue weighted by Gasteiger charge is 2.64. The van der Waals surface area contributed by atoms with Gasteiger partial charge < -0.3 is 15.0 Å². The molecule has 2 aromatic carbocycles. The molecule has 184 valence electrons. The van der Waals surface area contributed by atoms with E-state index in [0.717, 1.165) is 44.8 Å². The maximum Gasteiger partial charge on any atom is 0.430 e. The van der Waals surface area contributed by atoms with Crippen LogP contribution in [-0.4, -0.2) is 50.3 Å². The van der Waals surface area contributed by atoms with E-state index in [9.17, 15) is 22.4 Å². The fourth-order valence-corrected chi connectivity index (χ4v) is 5.73. The Hall–Kier alpha value is -2.16. The Labute approximate surface area is 201 Å². The standard InChI is InChI=1S/C25H27ClF4N2O2/c1-34-24(25(28,29)30,18-7-8-21(27)20(26)15-18)22(33)32-13-10-23(11-14-32)9-12-31-16-19(23)17-5-3-2-4-6-17/h2-8,15,19,31H,9-14,16H2,1H3. The molecular weight excluding hydrogens is 472 g/mol. The van der Waals surface area contributed by atoms with E-state index in [-0.39, 0.29) is 24.4 Å². The van der Waals surface area contributed by atoms with E-state index in [0.29, 0.717) is 12.8 Å². The van der Waals surface area contributed by atoms with Crippen molar-refractivity contribution in [2.45, 2.75) is 37.0 Å². The first-order chi connectivity index (χ1) is 16.1. The molecule has 0 aliphatic carbocycles. The highest BCUT2D eigenvalue weighted by molar-refractivity contribution is 6.30. The Bertz CT molecular complexity index is 1030. The van der Waals surface area contributed by atoms with Crippen LogP contribution in [0.1, 0.15) is 36.3 Å². The number of benzene rings is 2. The molecule has 9 heteroatoms. The molecule has 4 rings (SSSR count). The predicted molar refractivity (Wildman–Crippen MR) is 121 cm³/mol. The molecule has 4 nitrogen and oxygen atoms in total. The van der Waals surface area contributed by atoms with Crippen LogP contribution in [0.2, 0.25) is 5.02 Å². The van der Waals surface area contributed by atoms with Gasteiger partial charge in [0.15, 0.2) is 0 Å². The van der Waals surface area contributed by atoms with Gasteiger partial charge in [0, 0.05) is 38.2 Å². The monoisotopic (exact) mass is 498 g/mol. The van der Waals surface area contributed by atoms with Crippen molar-refractivity contribution in [3.63, 3.8) is 0 Å². The number of hydrogen-bond acceptors (Lipinski definition) is 3. The van der Waals surface area contributed by atoms with Crippen molar-refractivity contribution in [3.05, 3.63) is 70.5 Å². The van der Waals surface area contributed by atoms with Gasteiger partial charge in [-0.1, -0.05) is 48.0 Å². The van der Waals surface area contributed by atoms with Gasteiger partial charge in [-0.25, -0.2) is 4.39 Å². The molecule has 2 aromatic rings. The summed E-state index contributed by atoms with van der Waals surface area (Å²) in [5, 5.41) is 2.93. The van der Waals surface area contributed by atoms with Crippen LogP contribution in [0.15, 0.2) is 48.5 Å². The Kier molecular flexibility index (Phi) is 6.95. The Balaban J connectivity index is 1.62. The first kappa shape index (κ1) is 24.9. The van der Waals surface area contributed by atoms with Gasteiger partial charge in [0.2, 0.25) is 0 Å². The lowest BCUT2D eigenvalue weighted by molar-refractivity contribution is -0.271. The van der Waals surface area contributed by atoms with Gasteiger partial charge in [0.05, 0.1) is 5.02 Å². The third kappa shape index (κ3) is 4.20. The molecule has 2 aliphatic heterocycles. The number of carbonyl (C=O) groups excluding carboxylic acids is 1. The van der Waals surface area contributed by atoms with Crippen LogP contribution in [-0.2, 0) is 15.1 Å². The largest absolute Gasteiger partial charge is 0.430 e. The van der Waals surface area contributed by atoms with Gasteiger partial charge in [-0.15, -0.1) is 0 Å². The third-order valence-corrected chi connectivity index (χ3v) is 7.76. The molecule has 1 amide bonds. The lowest BCUT2D eigenvalue weighted by Crippen LogP contribution is -2.59. The summed E-state index contributed by atoms with van der Waals surface area (Å²) in [5.41, 5.74) is -2.71. The minimum absolute atomic E-state index is 0.101. The maximum absolute atomic E-state index is 14.4. The second-order valence-electron chi connectivity index (χ2n) is 9.08. The Morgan fingerprint density at radius 3 is 2.38 bits per heavy atom. The molecule has 2 unspecified atom stereocenters. The number of halogens is 5. The van der Waals surface area contributed by atoms with Gasteiger partial charge in [0.25, 0.3) is 11.5 Å². The predicted octanol–water partition coefficient (Wildman–Crippen LogP) is 5.27. The Morgan fingerprint density at radius 1 is 1.12 bits per heavy atom. The first-order valence-electron chi connectivity index (χ1n) is 11.3. The van der Waals surface area contributed by atoms with Crippen molar-refractivity contribution in [1.82, 2.24) is 10.2 Å². The van der Waals surface area contributed by atoms with E-state index < -0.39 is 34.1 Å². The number of likely N-dealkylation sites (tertiary alicyclic amines) is 1. The van der Waals surface area contributed by atoms with Crippen molar-refractivity contribution < 1.29 is 27.1 Å². The van der Waals surface area contributed by atoms with Gasteiger partial charge >= 0.3 is 6.18 Å². The van der Waals surface area contributed by atoms with Gasteiger partial charge in [-0.05, 0) is 48.9 Å². The van der Waals surface area contributed by atoms with E-state index in [2.05, 4.69) is 17.4 Å². The smallest absolute Gasteiger partial charge is 0.356 e. The number of methoxy groups -OCH3 is 1. The molecule has 1 N–H and O–H groups in total. The van der Waals surface area contributed by atoms with E-state index in [4.69, 9.17) is 16.3 Å². The fourth-order valence-electron chi connectivity index (χ4n) is 5.55. The second-order valence-corrected chi connectivity index (χ2v) is 9.49. The summed E-state index contributed by atoms with van der Waals surface area (Å²) in [6, 6.07) is 12.6. The average molecular weight is 499 g/mol. The number of piperidine rings is 2. The van der Waals surface area contributed by atoms with Crippen LogP contribution in [0.3, 0.4) is 0 Å². The SMILES string of the molecule is COC(C(=O)N1CCC2(CCNCC2c2ccccc2)CC1)(c1ccc(F)c(Cl)c1)C(F)(F)F. The zero-order valence-electron chi connectivity index (χ0n) is 18.8. The molecule has 2 saturated heterocycles. The number of hydrogen-bond donors (Lipinski definition) is 1. The molecule has 1 spiro atoms. The van der Waals surface area contributed by atoms with E-state index in [1.807, 2.05) is 18.2 Å². The fraction of sp³-hybridized carbons (Fsp3) is 0.480. The number of ether oxygens (including phenoxy) is 1. The zero-order chi connectivity index (χ0) is 24.6. The molecule has 0 aromatic heterocycles. The zero-order valence-corrected chi connectivity index (χ0v) is 19.6. The quantitative estimate of drug-likeness (QED) is 0.584. The van der Waals surface area contributed by atoms with Crippen LogP contribution in [0.25, 0.3) is 0 Å². The van der Waals surface area contributed by atoms with Crippen LogP contribution in [0.4, 0.5) is 17.6 Å². The molecule has 0 radical (unpaired) electrons. The summed E-state index contributed by atoms with van der Waals surface area (Å²) in [4.78, 5) is 14.7. The number of nitrogens with zero attached hydrogens (tertiary/aromatic N) is 1. The van der Waals surface area contributed by atoms with Gasteiger partial charge in [-0.3, -0.25) is 4.79 Å². The van der Waals surface area contributed by atoms with Crippen molar-refractivity contribution in [2.24, 2.45) is 5.41 Å². The number of alkyl halides is 3. The summed E-state index contributed by atoms with van der Waals surface area (Å²) < 4.78 is 61.8. The topological polar surface area (TPSA) is 41.6 Å². The van der Waals surface area contributed by atoms with Crippen LogP contribution < -0.4 is 5.32 Å². The third-order valence-electron chi connectivity index (χ3n) is 7.47. The highest BCUT2D eigenvalue weighted by atomic mass is 35.5. The maximum atomic E-state index is 14.4. The number of nitrogens with one attached hydrogen (secondary N) is 1. The van der Waals surface area contributed by atoms with E-state index >= 15 is 0 Å². The Morgan fingerprint density at radius 2 is 1.79 bits per heavy atom. The summed E-state index contributed by atoms with van der Waals surface area (Å²) in [7, 11) is 0.840. The summed E-state index contributed by atoms with van der Waals surface area (Å²) in [6.45, 7) is 1.98. The highest BCUT2D eigenvalue weighted by Crippen LogP contribution is 2.50. The summed E-state index contributed by atoms with van der Waals surface area (Å²) in [6.07, 6.45) is -3.02. The van der Waals surface area contributed by atoms with Crippen molar-refractivity contribution >= 4 is 17.5 Å². The lowest BCUT2D eigenvalue weighted by Gasteiger charge is -2.50. The van der Waals surface area contributed by atoms with Gasteiger partial charge in [-0.2, -0.15) is 13.2 Å². The van der Waals surface area contributed by atoms with E-state index in [1.165, 1.54) is 10.5 Å². The van der Waals surface area contributed by atoms with Crippen molar-refractivity contribution in [1.29, 1.82) is 0 Å². The van der Waals surface area contributed by atoms with Crippen LogP contribution >= 0.6 is 11.6 Å². The average Bonchev–Trinajstić information content (AvgIpc) is 2.82. The minimum atomic E-state index is -5.07. The van der Waals surface area contributed by atoms with Crippen molar-refractivity contribution in [3.8, 4) is 0 Å². The first-order valence-corrected chi connectivity index (χ1v) is 11.6. The summed E-state index contributed by atoms with van der Waals surface area (Å²) >= 11 is 5.76. The number of rotatable bonds is 4. The van der Waals surface area contributed by atoms with Crippen LogP contribution in [0.5, 0.6) is 0 Å². The lowest BCUT2D eigenvalue weighted by atomic mass is 9.62. The van der Waals surface area contributed by atoms with E-state index in [1.54, 1.807) is 0 Å².